The molecule has 3 nitrogen and oxygen atoms in total. The highest BCUT2D eigenvalue weighted by Crippen LogP contribution is 2.34. The highest BCUT2D eigenvalue weighted by atomic mass is 32.2. The van der Waals surface area contributed by atoms with E-state index in [0.717, 1.165) is 36.3 Å². The van der Waals surface area contributed by atoms with Gasteiger partial charge in [0, 0.05) is 17.4 Å². The Hall–Kier alpha value is -1.23. The van der Waals surface area contributed by atoms with Crippen molar-refractivity contribution in [1.82, 2.24) is 0 Å². The van der Waals surface area contributed by atoms with Crippen LogP contribution in [0.4, 0.5) is 0 Å². The van der Waals surface area contributed by atoms with E-state index in [-0.39, 0.29) is 0 Å². The Bertz CT molecular complexity index is 559. The van der Waals surface area contributed by atoms with E-state index in [0.29, 0.717) is 13.2 Å². The Kier molecular flexibility index (Phi) is 6.86. The number of unbranched alkanes of at least 4 members (excludes halogenated alkanes) is 1. The molecule has 0 aliphatic heterocycles. The molecule has 2 aromatic rings. The fourth-order valence-corrected chi connectivity index (χ4v) is 3.23. The maximum absolute atomic E-state index is 5.81. The zero-order valence-corrected chi connectivity index (χ0v) is 13.3. The molecule has 0 saturated carbocycles. The van der Waals surface area contributed by atoms with Crippen LogP contribution in [-0.2, 0) is 4.74 Å². The standard InChI is InChI=1S/C17H23NO2S/c1-19-11-12-20-16-8-9-17(21-13-5-4-10-18)15-7-3-2-6-14(15)16/h2-3,6-9H,4-5,10-13,18H2,1H3. The molecule has 2 rings (SSSR count). The van der Waals surface area contributed by atoms with Crippen LogP contribution in [-0.4, -0.2) is 32.6 Å². The van der Waals surface area contributed by atoms with Crippen molar-refractivity contribution in [3.8, 4) is 5.75 Å². The van der Waals surface area contributed by atoms with Crippen LogP contribution in [0, 0.1) is 0 Å². The number of methoxy groups -OCH3 is 1. The van der Waals surface area contributed by atoms with Crippen LogP contribution >= 0.6 is 11.8 Å². The first kappa shape index (κ1) is 16.1. The van der Waals surface area contributed by atoms with E-state index in [4.69, 9.17) is 15.2 Å². The van der Waals surface area contributed by atoms with Crippen LogP contribution in [0.1, 0.15) is 12.8 Å². The summed E-state index contributed by atoms with van der Waals surface area (Å²) in [5.74, 6) is 2.03. The minimum atomic E-state index is 0.573. The summed E-state index contributed by atoms with van der Waals surface area (Å²) >= 11 is 1.89. The maximum atomic E-state index is 5.81. The van der Waals surface area contributed by atoms with Gasteiger partial charge in [-0.15, -0.1) is 11.8 Å². The lowest BCUT2D eigenvalue weighted by Gasteiger charge is -2.12. The Morgan fingerprint density at radius 2 is 1.81 bits per heavy atom. The minimum Gasteiger partial charge on any atom is -0.491 e. The molecule has 0 fully saturated rings. The van der Waals surface area contributed by atoms with Crippen molar-refractivity contribution in [2.45, 2.75) is 17.7 Å². The zero-order valence-electron chi connectivity index (χ0n) is 12.5. The van der Waals surface area contributed by atoms with E-state index in [1.54, 1.807) is 7.11 Å². The maximum Gasteiger partial charge on any atom is 0.127 e. The van der Waals surface area contributed by atoms with Gasteiger partial charge in [0.2, 0.25) is 0 Å². The first-order valence-corrected chi connectivity index (χ1v) is 8.31. The third kappa shape index (κ3) is 4.63. The molecule has 2 aromatic carbocycles. The van der Waals surface area contributed by atoms with Crippen LogP contribution in [0.5, 0.6) is 5.75 Å². The van der Waals surface area contributed by atoms with Gasteiger partial charge in [0.25, 0.3) is 0 Å². The number of hydrogen-bond acceptors (Lipinski definition) is 4. The van der Waals surface area contributed by atoms with E-state index >= 15 is 0 Å². The summed E-state index contributed by atoms with van der Waals surface area (Å²) < 4.78 is 10.8. The second kappa shape index (κ2) is 8.93. The summed E-state index contributed by atoms with van der Waals surface area (Å²) in [6, 6.07) is 12.6. The van der Waals surface area contributed by atoms with Gasteiger partial charge in [0.15, 0.2) is 0 Å². The summed E-state index contributed by atoms with van der Waals surface area (Å²) in [6.07, 6.45) is 2.24. The predicted molar refractivity (Wildman–Crippen MR) is 90.3 cm³/mol. The highest BCUT2D eigenvalue weighted by molar-refractivity contribution is 7.99. The number of benzene rings is 2. The predicted octanol–water partition coefficient (Wildman–Crippen LogP) is 3.70. The van der Waals surface area contributed by atoms with Gasteiger partial charge >= 0.3 is 0 Å². The summed E-state index contributed by atoms with van der Waals surface area (Å²) in [6.45, 7) is 1.95. The van der Waals surface area contributed by atoms with Gasteiger partial charge in [-0.05, 0) is 42.7 Å². The third-order valence-corrected chi connectivity index (χ3v) is 4.40. The molecule has 0 aliphatic carbocycles. The Labute approximate surface area is 130 Å². The topological polar surface area (TPSA) is 44.5 Å². The number of nitrogens with two attached hydrogens (primary N) is 1. The average Bonchev–Trinajstić information content (AvgIpc) is 2.53. The molecular weight excluding hydrogens is 282 g/mol. The monoisotopic (exact) mass is 305 g/mol. The van der Waals surface area contributed by atoms with E-state index in [1.807, 2.05) is 17.8 Å². The molecular formula is C17H23NO2S. The zero-order chi connectivity index (χ0) is 14.9. The summed E-state index contributed by atoms with van der Waals surface area (Å²) in [5.41, 5.74) is 5.54. The van der Waals surface area contributed by atoms with Crippen molar-refractivity contribution in [1.29, 1.82) is 0 Å². The third-order valence-electron chi connectivity index (χ3n) is 3.25. The molecule has 0 heterocycles. The van der Waals surface area contributed by atoms with Crippen molar-refractivity contribution in [2.24, 2.45) is 5.73 Å². The van der Waals surface area contributed by atoms with Gasteiger partial charge in [0.1, 0.15) is 12.4 Å². The summed E-state index contributed by atoms with van der Waals surface area (Å²) in [7, 11) is 1.68. The fourth-order valence-electron chi connectivity index (χ4n) is 2.16. The van der Waals surface area contributed by atoms with Gasteiger partial charge in [0.05, 0.1) is 6.61 Å². The van der Waals surface area contributed by atoms with Gasteiger partial charge in [-0.1, -0.05) is 24.3 Å². The molecule has 0 amide bonds. The molecule has 0 spiro atoms. The lowest BCUT2D eigenvalue weighted by Crippen LogP contribution is -2.04. The number of ether oxygens (including phenoxy) is 2. The van der Waals surface area contributed by atoms with Crippen molar-refractivity contribution in [2.75, 3.05) is 32.6 Å². The van der Waals surface area contributed by atoms with E-state index in [1.165, 1.54) is 10.3 Å². The number of hydrogen-bond donors (Lipinski definition) is 1. The number of rotatable bonds is 9. The first-order chi connectivity index (χ1) is 10.4. The van der Waals surface area contributed by atoms with E-state index in [9.17, 15) is 0 Å². The van der Waals surface area contributed by atoms with Gasteiger partial charge in [-0.25, -0.2) is 0 Å². The van der Waals surface area contributed by atoms with Crippen LogP contribution in [0.15, 0.2) is 41.3 Å². The van der Waals surface area contributed by atoms with Crippen molar-refractivity contribution in [3.63, 3.8) is 0 Å². The smallest absolute Gasteiger partial charge is 0.127 e. The van der Waals surface area contributed by atoms with Gasteiger partial charge in [-0.2, -0.15) is 0 Å². The molecule has 0 atom stereocenters. The summed E-state index contributed by atoms with van der Waals surface area (Å²) in [5, 5.41) is 2.42. The molecule has 0 unspecified atom stereocenters. The quantitative estimate of drug-likeness (QED) is 0.567. The van der Waals surface area contributed by atoms with Gasteiger partial charge in [-0.3, -0.25) is 0 Å². The Balaban J connectivity index is 2.14. The highest BCUT2D eigenvalue weighted by Gasteiger charge is 2.07. The lowest BCUT2D eigenvalue weighted by molar-refractivity contribution is 0.147. The largest absolute Gasteiger partial charge is 0.491 e. The molecule has 0 aromatic heterocycles. The molecule has 0 radical (unpaired) electrons. The first-order valence-electron chi connectivity index (χ1n) is 7.33. The molecule has 21 heavy (non-hydrogen) atoms. The fraction of sp³-hybridized carbons (Fsp3) is 0.412. The Morgan fingerprint density at radius 3 is 2.57 bits per heavy atom. The molecule has 114 valence electrons. The minimum absolute atomic E-state index is 0.573. The normalized spacial score (nSPS) is 11.0. The van der Waals surface area contributed by atoms with E-state index < -0.39 is 0 Å². The number of fused-ring (bicyclic) bond motifs is 1. The molecule has 0 bridgehead atoms. The Morgan fingerprint density at radius 1 is 1.00 bits per heavy atom. The second-order valence-corrected chi connectivity index (χ2v) is 5.93. The van der Waals surface area contributed by atoms with Crippen LogP contribution in [0.25, 0.3) is 10.8 Å². The van der Waals surface area contributed by atoms with Crippen molar-refractivity contribution < 1.29 is 9.47 Å². The van der Waals surface area contributed by atoms with Crippen LogP contribution in [0.3, 0.4) is 0 Å². The average molecular weight is 305 g/mol. The summed E-state index contributed by atoms with van der Waals surface area (Å²) in [4.78, 5) is 1.31. The van der Waals surface area contributed by atoms with Crippen molar-refractivity contribution in [3.05, 3.63) is 36.4 Å². The SMILES string of the molecule is COCCOc1ccc(SCCCCN)c2ccccc12. The molecule has 2 N–H and O–H groups in total. The van der Waals surface area contributed by atoms with Crippen molar-refractivity contribution >= 4 is 22.5 Å². The van der Waals surface area contributed by atoms with Gasteiger partial charge < -0.3 is 15.2 Å². The molecule has 0 aliphatic rings. The molecule has 0 saturated heterocycles. The second-order valence-electron chi connectivity index (χ2n) is 4.79. The lowest BCUT2D eigenvalue weighted by atomic mass is 10.1. The van der Waals surface area contributed by atoms with Crippen LogP contribution in [0.2, 0.25) is 0 Å². The van der Waals surface area contributed by atoms with E-state index in [2.05, 4.69) is 30.3 Å². The number of thioether (sulfide) groups is 1. The van der Waals surface area contributed by atoms with Crippen LogP contribution < -0.4 is 10.5 Å². The molecule has 4 heteroatoms.